The average Bonchev–Trinajstić information content (AvgIpc) is 2.80. The molecule has 183 valence electrons. The van der Waals surface area contributed by atoms with E-state index < -0.39 is 0 Å². The SMILES string of the molecule is C[C@@H]1CN[C@@H]2CCCC[C@H]2N[C@@H](C)c2cccc(n2)[C@H](C)N[C@@H]2CCCC[C@H]2N1.[Cl][Mn][Cl]. The molecule has 0 radical (unpaired) electrons. The predicted molar refractivity (Wildman–Crippen MR) is 132 cm³/mol. The van der Waals surface area contributed by atoms with Crippen molar-refractivity contribution in [2.75, 3.05) is 6.54 Å². The van der Waals surface area contributed by atoms with Crippen molar-refractivity contribution in [2.45, 2.75) is 114 Å². The third-order valence-electron chi connectivity index (χ3n) is 7.32. The number of halogens is 2. The standard InChI is InChI=1S/C24H41N5.2ClH.Mn/c1-16-15-25-21-9-4-5-10-22(21)27-17(2)19-13-8-14-20(29-19)18(3)28-24-12-7-6-11-23(24)26-16;;;/h8,13-14,16-18,21-28H,4-7,9-12,15H2,1-3H3;2*1H;/q;;;+2/p-2/t16-,17+,18+,21-,22-,23-,24-;;;/m1.../s1. The van der Waals surface area contributed by atoms with Gasteiger partial charge in [-0.2, -0.15) is 0 Å². The average molecular weight is 525 g/mol. The number of nitrogens with one attached hydrogen (secondary N) is 4. The summed E-state index contributed by atoms with van der Waals surface area (Å²) in [5, 5.41) is 15.7. The van der Waals surface area contributed by atoms with E-state index in [0.29, 0.717) is 30.2 Å². The van der Waals surface area contributed by atoms with Crippen molar-refractivity contribution in [2.24, 2.45) is 0 Å². The topological polar surface area (TPSA) is 61.0 Å². The Labute approximate surface area is 209 Å². The molecule has 8 heteroatoms. The maximum atomic E-state index is 5.07. The quantitative estimate of drug-likeness (QED) is 0.361. The summed E-state index contributed by atoms with van der Waals surface area (Å²) in [5.41, 5.74) is 2.34. The van der Waals surface area contributed by atoms with Crippen LogP contribution in [0.1, 0.15) is 95.6 Å². The van der Waals surface area contributed by atoms with E-state index in [9.17, 15) is 0 Å². The fourth-order valence-corrected chi connectivity index (χ4v) is 5.62. The van der Waals surface area contributed by atoms with Gasteiger partial charge in [0, 0.05) is 48.8 Å². The van der Waals surface area contributed by atoms with Crippen molar-refractivity contribution in [1.29, 1.82) is 0 Å². The zero-order valence-corrected chi connectivity index (χ0v) is 22.4. The maximum absolute atomic E-state index is 5.07. The summed E-state index contributed by atoms with van der Waals surface area (Å²) in [6.07, 6.45) is 10.4. The van der Waals surface area contributed by atoms with Crippen LogP contribution in [0.25, 0.3) is 0 Å². The number of pyridine rings is 1. The van der Waals surface area contributed by atoms with Gasteiger partial charge in [0.15, 0.2) is 0 Å². The summed E-state index contributed by atoms with van der Waals surface area (Å²) in [7, 11) is 9.59. The van der Waals surface area contributed by atoms with Gasteiger partial charge in [-0.15, -0.1) is 0 Å². The van der Waals surface area contributed by atoms with E-state index in [1.54, 1.807) is 0 Å². The van der Waals surface area contributed by atoms with Gasteiger partial charge in [-0.1, -0.05) is 31.7 Å². The summed E-state index contributed by atoms with van der Waals surface area (Å²) < 4.78 is 0. The number of aromatic nitrogens is 1. The molecule has 1 aromatic heterocycles. The summed E-state index contributed by atoms with van der Waals surface area (Å²) >= 11 is 0.00694. The van der Waals surface area contributed by atoms with Crippen molar-refractivity contribution in [3.63, 3.8) is 0 Å². The van der Waals surface area contributed by atoms with Crippen LogP contribution in [0.3, 0.4) is 0 Å². The molecule has 4 N–H and O–H groups in total. The number of hydrogen-bond donors (Lipinski definition) is 4. The Kier molecular flexibility index (Phi) is 11.5. The Hall–Kier alpha value is 0.0895. The number of hydrogen-bond acceptors (Lipinski definition) is 5. The third-order valence-corrected chi connectivity index (χ3v) is 7.32. The number of rotatable bonds is 0. The fourth-order valence-electron chi connectivity index (χ4n) is 5.62. The van der Waals surface area contributed by atoms with Crippen LogP contribution in [-0.2, 0) is 13.1 Å². The number of fused-ring (bicyclic) bond motifs is 4. The Bertz CT molecular complexity index is 682. The normalized spacial score (nSPS) is 36.3. The van der Waals surface area contributed by atoms with Crippen LogP contribution in [0.5, 0.6) is 0 Å². The van der Waals surface area contributed by atoms with Gasteiger partial charge >= 0.3 is 33.3 Å². The van der Waals surface area contributed by atoms with E-state index in [4.69, 9.17) is 25.2 Å². The Morgan fingerprint density at radius 2 is 1.19 bits per heavy atom. The molecule has 2 bridgehead atoms. The van der Waals surface area contributed by atoms with Crippen LogP contribution in [0.2, 0.25) is 0 Å². The summed E-state index contributed by atoms with van der Waals surface area (Å²) in [6.45, 7) is 7.94. The first-order valence-corrected chi connectivity index (χ1v) is 15.6. The molecule has 1 aliphatic heterocycles. The molecule has 5 nitrogen and oxygen atoms in total. The molecular formula is C24H41Cl2MnN5. The molecule has 2 aliphatic carbocycles. The van der Waals surface area contributed by atoms with Crippen molar-refractivity contribution >= 4 is 20.2 Å². The van der Waals surface area contributed by atoms with Gasteiger partial charge in [-0.25, -0.2) is 0 Å². The number of nitrogens with zero attached hydrogens (tertiary/aromatic N) is 1. The minimum atomic E-state index is 0.00694. The van der Waals surface area contributed by atoms with Gasteiger partial charge in [0.05, 0.1) is 11.4 Å². The summed E-state index contributed by atoms with van der Waals surface area (Å²) in [4.78, 5) is 5.07. The fraction of sp³-hybridized carbons (Fsp3) is 0.792. The van der Waals surface area contributed by atoms with Crippen molar-refractivity contribution in [3.05, 3.63) is 29.6 Å². The van der Waals surface area contributed by atoms with Gasteiger partial charge in [-0.05, 0) is 58.6 Å². The van der Waals surface area contributed by atoms with Gasteiger partial charge in [0.25, 0.3) is 0 Å². The van der Waals surface area contributed by atoms with Crippen LogP contribution in [0.4, 0.5) is 0 Å². The monoisotopic (exact) mass is 524 g/mol. The van der Waals surface area contributed by atoms with Crippen LogP contribution in [0, 0.1) is 0 Å². The molecule has 0 unspecified atom stereocenters. The first-order chi connectivity index (χ1) is 15.5. The van der Waals surface area contributed by atoms with Crippen LogP contribution in [-0.4, -0.2) is 41.7 Å². The van der Waals surface area contributed by atoms with Gasteiger partial charge in [0.2, 0.25) is 0 Å². The van der Waals surface area contributed by atoms with E-state index in [2.05, 4.69) is 60.2 Å². The Morgan fingerprint density at radius 3 is 1.72 bits per heavy atom. The molecular weight excluding hydrogens is 484 g/mol. The first-order valence-electron chi connectivity index (χ1n) is 12.4. The molecule has 4 rings (SSSR count). The minimum absolute atomic E-state index is 0.00694. The van der Waals surface area contributed by atoms with Crippen molar-refractivity contribution in [3.8, 4) is 0 Å². The molecule has 1 aromatic rings. The molecule has 2 heterocycles. The zero-order valence-electron chi connectivity index (χ0n) is 19.7. The second-order valence-electron chi connectivity index (χ2n) is 9.79. The van der Waals surface area contributed by atoms with Gasteiger partial charge in [0.1, 0.15) is 0 Å². The van der Waals surface area contributed by atoms with E-state index in [-0.39, 0.29) is 25.2 Å². The van der Waals surface area contributed by atoms with E-state index in [0.717, 1.165) is 6.54 Å². The second kappa shape index (κ2) is 13.8. The van der Waals surface area contributed by atoms with Gasteiger partial charge < -0.3 is 21.3 Å². The molecule has 7 atom stereocenters. The molecule has 2 fully saturated rings. The first kappa shape index (κ1) is 26.7. The van der Waals surface area contributed by atoms with E-state index in [1.165, 1.54) is 62.8 Å². The third kappa shape index (κ3) is 7.81. The van der Waals surface area contributed by atoms with Crippen molar-refractivity contribution in [1.82, 2.24) is 26.3 Å². The molecule has 3 aliphatic rings. The second-order valence-corrected chi connectivity index (χ2v) is 11.7. The molecule has 0 saturated heterocycles. The Morgan fingerprint density at radius 1 is 0.750 bits per heavy atom. The molecule has 0 spiro atoms. The van der Waals surface area contributed by atoms with E-state index >= 15 is 0 Å². The molecule has 0 aromatic carbocycles. The van der Waals surface area contributed by atoms with E-state index in [1.807, 2.05) is 0 Å². The van der Waals surface area contributed by atoms with Gasteiger partial charge in [-0.3, -0.25) is 4.98 Å². The molecule has 32 heavy (non-hydrogen) atoms. The zero-order chi connectivity index (χ0) is 22.9. The summed E-state index contributed by atoms with van der Waals surface area (Å²) in [6, 6.07) is 9.75. The van der Waals surface area contributed by atoms with Crippen LogP contribution >= 0.6 is 20.2 Å². The molecule has 2 saturated carbocycles. The van der Waals surface area contributed by atoms with Crippen LogP contribution < -0.4 is 21.3 Å². The van der Waals surface area contributed by atoms with Crippen molar-refractivity contribution < 1.29 is 13.1 Å². The Balaban J connectivity index is 0.000000913. The van der Waals surface area contributed by atoms with Crippen LogP contribution in [0.15, 0.2) is 18.2 Å². The molecule has 0 amide bonds. The predicted octanol–water partition coefficient (Wildman–Crippen LogP) is 4.96. The summed E-state index contributed by atoms with van der Waals surface area (Å²) in [5.74, 6) is 0.